The molecule has 1 heterocycles. The molecule has 1 amide bonds. The molecule has 0 aliphatic carbocycles. The lowest BCUT2D eigenvalue weighted by atomic mass is 10.0. The summed E-state index contributed by atoms with van der Waals surface area (Å²) in [5, 5.41) is 9.67. The minimum atomic E-state index is -0.140. The number of benzene rings is 1. The Labute approximate surface area is 132 Å². The van der Waals surface area contributed by atoms with E-state index in [1.807, 2.05) is 24.3 Å². The summed E-state index contributed by atoms with van der Waals surface area (Å²) in [6.07, 6.45) is 0.901. The van der Waals surface area contributed by atoms with Crippen molar-refractivity contribution in [3.63, 3.8) is 0 Å². The van der Waals surface area contributed by atoms with Gasteiger partial charge in [-0.3, -0.25) is 4.79 Å². The molecule has 1 aromatic heterocycles. The molecule has 2 N–H and O–H groups in total. The van der Waals surface area contributed by atoms with Gasteiger partial charge in [0.05, 0.1) is 6.54 Å². The first-order valence-electron chi connectivity index (χ1n) is 6.80. The van der Waals surface area contributed by atoms with Gasteiger partial charge in [0, 0.05) is 16.6 Å². The van der Waals surface area contributed by atoms with E-state index in [1.165, 1.54) is 0 Å². The predicted molar refractivity (Wildman–Crippen MR) is 85.0 cm³/mol. The normalized spacial score (nSPS) is 12.1. The third-order valence-electron chi connectivity index (χ3n) is 3.09. The first kappa shape index (κ1) is 15.7. The predicted octanol–water partition coefficient (Wildman–Crippen LogP) is 3.42. The Kier molecular flexibility index (Phi) is 5.52. The Morgan fingerprint density at radius 2 is 2.10 bits per heavy atom. The molecule has 21 heavy (non-hydrogen) atoms. The summed E-state index contributed by atoms with van der Waals surface area (Å²) in [4.78, 5) is 11.9. The van der Waals surface area contributed by atoms with Crippen LogP contribution in [0, 0.1) is 6.92 Å². The van der Waals surface area contributed by atoms with Gasteiger partial charge in [-0.1, -0.05) is 40.1 Å². The number of rotatable bonds is 6. The SMILES string of the molecule is CC[C@H](NCC(=O)Nc1cc(C)on1)c1ccc(Br)cc1. The summed E-state index contributed by atoms with van der Waals surface area (Å²) < 4.78 is 5.94. The number of aryl methyl sites for hydroxylation is 1. The average Bonchev–Trinajstić information content (AvgIpc) is 2.86. The number of nitrogens with zero attached hydrogens (tertiary/aromatic N) is 1. The van der Waals surface area contributed by atoms with Gasteiger partial charge in [-0.2, -0.15) is 0 Å². The van der Waals surface area contributed by atoms with Gasteiger partial charge >= 0.3 is 0 Å². The van der Waals surface area contributed by atoms with Crippen molar-refractivity contribution in [2.75, 3.05) is 11.9 Å². The smallest absolute Gasteiger partial charge is 0.239 e. The number of carbonyl (C=O) groups is 1. The maximum absolute atomic E-state index is 11.9. The number of anilines is 1. The largest absolute Gasteiger partial charge is 0.360 e. The minimum absolute atomic E-state index is 0.140. The lowest BCUT2D eigenvalue weighted by molar-refractivity contribution is -0.115. The highest BCUT2D eigenvalue weighted by Gasteiger charge is 2.11. The second-order valence-corrected chi connectivity index (χ2v) is 5.68. The molecular formula is C15H18BrN3O2. The zero-order valence-corrected chi connectivity index (χ0v) is 13.6. The Balaban J connectivity index is 1.87. The van der Waals surface area contributed by atoms with Gasteiger partial charge in [-0.05, 0) is 31.0 Å². The molecular weight excluding hydrogens is 334 g/mol. The van der Waals surface area contributed by atoms with Crippen LogP contribution in [-0.2, 0) is 4.79 Å². The van der Waals surface area contributed by atoms with Crippen molar-refractivity contribution in [1.82, 2.24) is 10.5 Å². The second kappa shape index (κ2) is 7.38. The molecule has 6 heteroatoms. The van der Waals surface area contributed by atoms with Crippen LogP contribution in [0.2, 0.25) is 0 Å². The van der Waals surface area contributed by atoms with Gasteiger partial charge in [0.1, 0.15) is 5.76 Å². The average molecular weight is 352 g/mol. The third kappa shape index (κ3) is 4.68. The van der Waals surface area contributed by atoms with Crippen molar-refractivity contribution in [2.24, 2.45) is 0 Å². The molecule has 0 fully saturated rings. The van der Waals surface area contributed by atoms with Gasteiger partial charge in [-0.25, -0.2) is 0 Å². The van der Waals surface area contributed by atoms with Gasteiger partial charge in [-0.15, -0.1) is 0 Å². The van der Waals surface area contributed by atoms with Crippen LogP contribution in [0.3, 0.4) is 0 Å². The maximum atomic E-state index is 11.9. The molecule has 0 aliphatic heterocycles. The van der Waals surface area contributed by atoms with E-state index in [2.05, 4.69) is 38.6 Å². The summed E-state index contributed by atoms with van der Waals surface area (Å²) in [5.41, 5.74) is 1.16. The maximum Gasteiger partial charge on any atom is 0.239 e. The highest BCUT2D eigenvalue weighted by Crippen LogP contribution is 2.19. The third-order valence-corrected chi connectivity index (χ3v) is 3.61. The van der Waals surface area contributed by atoms with E-state index in [-0.39, 0.29) is 18.5 Å². The number of hydrogen-bond acceptors (Lipinski definition) is 4. The van der Waals surface area contributed by atoms with Gasteiger partial charge < -0.3 is 15.2 Å². The van der Waals surface area contributed by atoms with Crippen molar-refractivity contribution in [3.05, 3.63) is 46.1 Å². The molecule has 0 aliphatic rings. The molecule has 2 aromatic rings. The van der Waals surface area contributed by atoms with Gasteiger partial charge in [0.15, 0.2) is 5.82 Å². The van der Waals surface area contributed by atoms with E-state index in [0.717, 1.165) is 16.5 Å². The van der Waals surface area contributed by atoms with Crippen molar-refractivity contribution in [1.29, 1.82) is 0 Å². The molecule has 0 saturated heterocycles. The standard InChI is InChI=1S/C15H18BrN3O2/c1-3-13(11-4-6-12(16)7-5-11)17-9-15(20)18-14-8-10(2)21-19-14/h4-8,13,17H,3,9H2,1-2H3,(H,18,19,20)/t13-/m0/s1. The summed E-state index contributed by atoms with van der Waals surface area (Å²) in [7, 11) is 0. The fraction of sp³-hybridized carbons (Fsp3) is 0.333. The van der Waals surface area contributed by atoms with Crippen molar-refractivity contribution >= 4 is 27.7 Å². The van der Waals surface area contributed by atoms with Crippen LogP contribution in [0.5, 0.6) is 0 Å². The molecule has 0 bridgehead atoms. The lowest BCUT2D eigenvalue weighted by Gasteiger charge is -2.17. The Bertz CT molecular complexity index is 595. The van der Waals surface area contributed by atoms with Crippen LogP contribution in [0.15, 0.2) is 39.3 Å². The monoisotopic (exact) mass is 351 g/mol. The molecule has 1 atom stereocenters. The summed E-state index contributed by atoms with van der Waals surface area (Å²) in [6.45, 7) is 4.08. The number of nitrogens with one attached hydrogen (secondary N) is 2. The first-order valence-corrected chi connectivity index (χ1v) is 7.59. The molecule has 0 saturated carbocycles. The van der Waals surface area contributed by atoms with Gasteiger partial charge in [0.2, 0.25) is 5.91 Å². The van der Waals surface area contributed by atoms with Crippen LogP contribution in [0.1, 0.15) is 30.7 Å². The van der Waals surface area contributed by atoms with Crippen molar-refractivity contribution in [3.8, 4) is 0 Å². The number of halogens is 1. The highest BCUT2D eigenvalue weighted by molar-refractivity contribution is 9.10. The van der Waals surface area contributed by atoms with Crippen LogP contribution in [0.4, 0.5) is 5.82 Å². The topological polar surface area (TPSA) is 67.2 Å². The van der Waals surface area contributed by atoms with Crippen molar-refractivity contribution in [2.45, 2.75) is 26.3 Å². The minimum Gasteiger partial charge on any atom is -0.360 e. The van der Waals surface area contributed by atoms with Crippen LogP contribution in [0.25, 0.3) is 0 Å². The number of aromatic nitrogens is 1. The van der Waals surface area contributed by atoms with Crippen LogP contribution in [-0.4, -0.2) is 17.6 Å². The first-order chi connectivity index (χ1) is 10.1. The molecule has 2 rings (SSSR count). The molecule has 1 aromatic carbocycles. The Hall–Kier alpha value is -1.66. The zero-order chi connectivity index (χ0) is 15.2. The Morgan fingerprint density at radius 1 is 1.38 bits per heavy atom. The molecule has 112 valence electrons. The number of amides is 1. The van der Waals surface area contributed by atoms with E-state index in [4.69, 9.17) is 4.52 Å². The summed E-state index contributed by atoms with van der Waals surface area (Å²) in [5.74, 6) is 0.967. The number of carbonyl (C=O) groups excluding carboxylic acids is 1. The molecule has 0 radical (unpaired) electrons. The van der Waals surface area contributed by atoms with Gasteiger partial charge in [0.25, 0.3) is 0 Å². The highest BCUT2D eigenvalue weighted by atomic mass is 79.9. The summed E-state index contributed by atoms with van der Waals surface area (Å²) >= 11 is 3.42. The zero-order valence-electron chi connectivity index (χ0n) is 12.0. The van der Waals surface area contributed by atoms with E-state index >= 15 is 0 Å². The van der Waals surface area contributed by atoms with Crippen LogP contribution >= 0.6 is 15.9 Å². The van der Waals surface area contributed by atoms with Crippen LogP contribution < -0.4 is 10.6 Å². The summed E-state index contributed by atoms with van der Waals surface area (Å²) in [6, 6.07) is 9.91. The van der Waals surface area contributed by atoms with E-state index in [9.17, 15) is 4.79 Å². The van der Waals surface area contributed by atoms with E-state index in [1.54, 1.807) is 13.0 Å². The fourth-order valence-corrected chi connectivity index (χ4v) is 2.29. The lowest BCUT2D eigenvalue weighted by Crippen LogP contribution is -2.31. The fourth-order valence-electron chi connectivity index (χ4n) is 2.02. The van der Waals surface area contributed by atoms with E-state index in [0.29, 0.717) is 11.6 Å². The molecule has 5 nitrogen and oxygen atoms in total. The molecule has 0 unspecified atom stereocenters. The quantitative estimate of drug-likeness (QED) is 0.836. The number of hydrogen-bond donors (Lipinski definition) is 2. The van der Waals surface area contributed by atoms with Crippen molar-refractivity contribution < 1.29 is 9.32 Å². The Morgan fingerprint density at radius 3 is 2.67 bits per heavy atom. The second-order valence-electron chi connectivity index (χ2n) is 4.76. The molecule has 0 spiro atoms. The van der Waals surface area contributed by atoms with E-state index < -0.39 is 0 Å².